The Bertz CT molecular complexity index is 995. The smallest absolute Gasteiger partial charge is 0.376 e. The minimum Gasteiger partial charge on any atom is -0.500 e. The monoisotopic (exact) mass is 413 g/mol. The van der Waals surface area contributed by atoms with Crippen LogP contribution in [0, 0.1) is 0 Å². The molecule has 0 atom stereocenters. The van der Waals surface area contributed by atoms with Crippen molar-refractivity contribution in [2.75, 3.05) is 13.7 Å². The molecule has 2 aromatic rings. The van der Waals surface area contributed by atoms with Crippen molar-refractivity contribution in [1.82, 2.24) is 20.7 Å². The number of esters is 1. The van der Waals surface area contributed by atoms with E-state index in [0.717, 1.165) is 0 Å². The van der Waals surface area contributed by atoms with Gasteiger partial charge in [-0.25, -0.2) is 15.2 Å². The van der Waals surface area contributed by atoms with Crippen molar-refractivity contribution < 1.29 is 24.2 Å². The number of ether oxygens (including phenoxy) is 1. The number of carbonyl (C=O) groups is 3. The lowest BCUT2D eigenvalue weighted by Gasteiger charge is -2.04. The van der Waals surface area contributed by atoms with Crippen LogP contribution in [0.1, 0.15) is 23.0 Å². The summed E-state index contributed by atoms with van der Waals surface area (Å²) >= 11 is 0. The van der Waals surface area contributed by atoms with Gasteiger partial charge in [0.15, 0.2) is 5.69 Å². The molecule has 2 rings (SSSR count). The number of amides is 2. The van der Waals surface area contributed by atoms with E-state index in [4.69, 9.17) is 0 Å². The SMILES string of the molecule is CCOC(=O)/C(O)=C(\N=Nc1nc[nH]c1C(=O)NC)C(=O)NN=Cc1ccccc1. The second-order valence-corrected chi connectivity index (χ2v) is 5.41. The number of nitrogens with zero attached hydrogens (tertiary/aromatic N) is 4. The van der Waals surface area contributed by atoms with Crippen molar-refractivity contribution in [3.05, 3.63) is 59.4 Å². The summed E-state index contributed by atoms with van der Waals surface area (Å²) in [5.74, 6) is -3.98. The Hall–Kier alpha value is -4.35. The van der Waals surface area contributed by atoms with Gasteiger partial charge in [-0.2, -0.15) is 5.10 Å². The zero-order valence-corrected chi connectivity index (χ0v) is 16.1. The van der Waals surface area contributed by atoms with Gasteiger partial charge in [0.1, 0.15) is 0 Å². The number of nitrogens with one attached hydrogen (secondary N) is 3. The second-order valence-electron chi connectivity index (χ2n) is 5.41. The lowest BCUT2D eigenvalue weighted by atomic mass is 10.2. The maximum atomic E-state index is 12.4. The van der Waals surface area contributed by atoms with Crippen LogP contribution in [0.4, 0.5) is 5.82 Å². The van der Waals surface area contributed by atoms with Gasteiger partial charge in [0.2, 0.25) is 17.3 Å². The van der Waals surface area contributed by atoms with Crippen LogP contribution < -0.4 is 10.7 Å². The molecule has 0 bridgehead atoms. The number of hydrogen-bond acceptors (Lipinski definition) is 9. The summed E-state index contributed by atoms with van der Waals surface area (Å²) in [4.78, 5) is 42.4. The highest BCUT2D eigenvalue weighted by atomic mass is 16.5. The lowest BCUT2D eigenvalue weighted by Crippen LogP contribution is -2.23. The molecule has 0 aliphatic rings. The maximum absolute atomic E-state index is 12.4. The molecular formula is C18H19N7O5. The predicted octanol–water partition coefficient (Wildman–Crippen LogP) is 1.34. The van der Waals surface area contributed by atoms with Crippen LogP contribution in [0.5, 0.6) is 0 Å². The number of hydrogen-bond donors (Lipinski definition) is 4. The Morgan fingerprint density at radius 1 is 1.27 bits per heavy atom. The van der Waals surface area contributed by atoms with Gasteiger partial charge in [-0.3, -0.25) is 9.59 Å². The Labute approximate surface area is 170 Å². The number of aromatic nitrogens is 2. The number of carbonyl (C=O) groups excluding carboxylic acids is 3. The van der Waals surface area contributed by atoms with Crippen LogP contribution >= 0.6 is 0 Å². The van der Waals surface area contributed by atoms with Crippen LogP contribution in [0.25, 0.3) is 0 Å². The number of hydrazone groups is 1. The zero-order valence-electron chi connectivity index (χ0n) is 16.1. The van der Waals surface area contributed by atoms with Crippen molar-refractivity contribution in [1.29, 1.82) is 0 Å². The highest BCUT2D eigenvalue weighted by Crippen LogP contribution is 2.17. The molecule has 0 aliphatic heterocycles. The summed E-state index contributed by atoms with van der Waals surface area (Å²) in [6.45, 7) is 1.48. The first-order chi connectivity index (χ1) is 14.5. The summed E-state index contributed by atoms with van der Waals surface area (Å²) in [5, 5.41) is 23.4. The molecule has 1 aromatic carbocycles. The Balaban J connectivity index is 2.29. The van der Waals surface area contributed by atoms with Crippen molar-refractivity contribution in [3.8, 4) is 0 Å². The molecule has 30 heavy (non-hydrogen) atoms. The van der Waals surface area contributed by atoms with Crippen LogP contribution in [0.3, 0.4) is 0 Å². The van der Waals surface area contributed by atoms with E-state index in [1.54, 1.807) is 24.3 Å². The van der Waals surface area contributed by atoms with Crippen molar-refractivity contribution in [2.45, 2.75) is 6.92 Å². The number of imidazole rings is 1. The van der Waals surface area contributed by atoms with Gasteiger partial charge in [-0.1, -0.05) is 30.3 Å². The fourth-order valence-electron chi connectivity index (χ4n) is 2.01. The van der Waals surface area contributed by atoms with E-state index in [1.165, 1.54) is 26.5 Å². The first-order valence-electron chi connectivity index (χ1n) is 8.63. The topological polar surface area (TPSA) is 170 Å². The minimum atomic E-state index is -1.18. The number of aliphatic hydroxyl groups excluding tert-OH is 1. The first kappa shape index (κ1) is 21.9. The summed E-state index contributed by atoms with van der Waals surface area (Å²) in [7, 11) is 1.40. The normalized spacial score (nSPS) is 11.9. The predicted molar refractivity (Wildman–Crippen MR) is 105 cm³/mol. The lowest BCUT2D eigenvalue weighted by molar-refractivity contribution is -0.142. The number of aromatic amines is 1. The van der Waals surface area contributed by atoms with Crippen molar-refractivity contribution in [3.63, 3.8) is 0 Å². The van der Waals surface area contributed by atoms with Gasteiger partial charge < -0.3 is 20.1 Å². The Morgan fingerprint density at radius 2 is 2.00 bits per heavy atom. The van der Waals surface area contributed by atoms with E-state index in [1.807, 2.05) is 6.07 Å². The molecule has 156 valence electrons. The van der Waals surface area contributed by atoms with Crippen LogP contribution in [0.15, 0.2) is 63.4 Å². The van der Waals surface area contributed by atoms with E-state index < -0.39 is 29.2 Å². The second kappa shape index (κ2) is 10.8. The van der Waals surface area contributed by atoms with E-state index in [0.29, 0.717) is 5.56 Å². The molecule has 4 N–H and O–H groups in total. The molecule has 0 saturated heterocycles. The van der Waals surface area contributed by atoms with E-state index in [9.17, 15) is 19.5 Å². The molecule has 2 amide bonds. The molecular weight excluding hydrogens is 394 g/mol. The molecule has 0 unspecified atom stereocenters. The van der Waals surface area contributed by atoms with Gasteiger partial charge in [0.05, 0.1) is 19.1 Å². The van der Waals surface area contributed by atoms with E-state index in [2.05, 4.69) is 40.8 Å². The Morgan fingerprint density at radius 3 is 2.67 bits per heavy atom. The molecule has 0 aliphatic carbocycles. The fourth-order valence-corrected chi connectivity index (χ4v) is 2.01. The quantitative estimate of drug-likeness (QED) is 0.127. The molecule has 0 saturated carbocycles. The third-order valence-electron chi connectivity index (χ3n) is 3.41. The molecule has 1 aromatic heterocycles. The molecule has 0 radical (unpaired) electrons. The third kappa shape index (κ3) is 5.82. The number of aliphatic hydroxyl groups is 1. The molecule has 12 heteroatoms. The van der Waals surface area contributed by atoms with Crippen LogP contribution in [-0.4, -0.2) is 52.7 Å². The van der Waals surface area contributed by atoms with Gasteiger partial charge in [0, 0.05) is 7.05 Å². The van der Waals surface area contributed by atoms with Crippen LogP contribution in [-0.2, 0) is 14.3 Å². The summed E-state index contributed by atoms with van der Waals surface area (Å²) in [6, 6.07) is 8.88. The first-order valence-corrected chi connectivity index (χ1v) is 8.63. The largest absolute Gasteiger partial charge is 0.500 e. The average molecular weight is 413 g/mol. The fraction of sp³-hybridized carbons (Fsp3) is 0.167. The standard InChI is InChI=1S/C18H19N7O5/c1-3-30-18(29)14(26)12(17(28)25-22-9-11-7-5-4-6-8-11)23-24-15-13(16(27)19-2)20-10-21-15/h4-10,26H,3H2,1-2H3,(H,19,27)(H,20,21)(H,25,28)/b14-12+,22-9?,24-23?. The number of azo groups is 1. The molecule has 0 spiro atoms. The minimum absolute atomic E-state index is 0.0290. The van der Waals surface area contributed by atoms with Crippen LogP contribution in [0.2, 0.25) is 0 Å². The zero-order chi connectivity index (χ0) is 21.9. The van der Waals surface area contributed by atoms with Gasteiger partial charge in [-0.05, 0) is 12.5 Å². The van der Waals surface area contributed by atoms with E-state index >= 15 is 0 Å². The number of rotatable bonds is 8. The van der Waals surface area contributed by atoms with Gasteiger partial charge in [-0.15, -0.1) is 10.2 Å². The summed E-state index contributed by atoms with van der Waals surface area (Å²) in [5.41, 5.74) is 2.03. The maximum Gasteiger partial charge on any atom is 0.376 e. The Kier molecular flexibility index (Phi) is 7.94. The summed E-state index contributed by atoms with van der Waals surface area (Å²) < 4.78 is 4.67. The molecule has 0 fully saturated rings. The third-order valence-corrected chi connectivity index (χ3v) is 3.41. The highest BCUT2D eigenvalue weighted by Gasteiger charge is 2.23. The van der Waals surface area contributed by atoms with E-state index in [-0.39, 0.29) is 18.1 Å². The average Bonchev–Trinajstić information content (AvgIpc) is 3.22. The summed E-state index contributed by atoms with van der Waals surface area (Å²) in [6.07, 6.45) is 2.54. The van der Waals surface area contributed by atoms with Crippen molar-refractivity contribution in [2.24, 2.45) is 15.3 Å². The number of benzene rings is 1. The number of H-pyrrole nitrogens is 1. The highest BCUT2D eigenvalue weighted by molar-refractivity contribution is 6.01. The molecule has 12 nitrogen and oxygen atoms in total. The molecule has 1 heterocycles. The van der Waals surface area contributed by atoms with Gasteiger partial charge >= 0.3 is 5.97 Å². The van der Waals surface area contributed by atoms with Gasteiger partial charge in [0.25, 0.3) is 11.8 Å². The van der Waals surface area contributed by atoms with Crippen molar-refractivity contribution >= 4 is 29.8 Å².